The Hall–Kier alpha value is -1.39. The van der Waals surface area contributed by atoms with Crippen molar-refractivity contribution >= 4 is 5.91 Å². The van der Waals surface area contributed by atoms with Crippen molar-refractivity contribution in [1.82, 2.24) is 5.32 Å². The Morgan fingerprint density at radius 3 is 2.67 bits per heavy atom. The van der Waals surface area contributed by atoms with Crippen molar-refractivity contribution in [2.24, 2.45) is 5.92 Å². The molecule has 4 nitrogen and oxygen atoms in total. The maximum atomic E-state index is 11.8. The van der Waals surface area contributed by atoms with E-state index in [0.717, 1.165) is 12.8 Å². The van der Waals surface area contributed by atoms with Crippen LogP contribution in [-0.2, 0) is 16.0 Å². The van der Waals surface area contributed by atoms with Gasteiger partial charge in [0.05, 0.1) is 6.10 Å². The smallest absolute Gasteiger partial charge is 0.251 e. The molecule has 0 aliphatic carbocycles. The number of ether oxygens (including phenoxy) is 1. The van der Waals surface area contributed by atoms with Gasteiger partial charge in [0.1, 0.15) is 6.10 Å². The highest BCUT2D eigenvalue weighted by Crippen LogP contribution is 2.28. The van der Waals surface area contributed by atoms with Gasteiger partial charge >= 0.3 is 0 Å². The van der Waals surface area contributed by atoms with Gasteiger partial charge in [0.15, 0.2) is 6.10 Å². The molecule has 0 spiro atoms. The highest BCUT2D eigenvalue weighted by Gasteiger charge is 2.49. The van der Waals surface area contributed by atoms with Crippen LogP contribution in [0.3, 0.4) is 0 Å². The largest absolute Gasteiger partial charge is 0.390 e. The van der Waals surface area contributed by atoms with Gasteiger partial charge in [-0.3, -0.25) is 4.79 Å². The van der Waals surface area contributed by atoms with Crippen molar-refractivity contribution in [3.05, 3.63) is 35.9 Å². The molecule has 1 fully saturated rings. The number of hydrogen-bond acceptors (Lipinski definition) is 3. The molecule has 2 N–H and O–H groups in total. The van der Waals surface area contributed by atoms with E-state index in [2.05, 4.69) is 19.2 Å². The number of hydrogen-bond donors (Lipinski definition) is 2. The van der Waals surface area contributed by atoms with Gasteiger partial charge in [-0.2, -0.15) is 0 Å². The standard InChI is InChI=1S/C17H25NO3/c1-12(2)10-11-18-17(20)16-15(21-16)14(19)9-8-13-6-4-3-5-7-13/h3-7,12,14-16,19H,8-11H2,1-2H3,(H,18,20)/t14?,15-,16-/m1/s1. The maximum Gasteiger partial charge on any atom is 0.251 e. The number of carbonyl (C=O) groups excluding carboxylic acids is 1. The van der Waals surface area contributed by atoms with Crippen LogP contribution in [0.1, 0.15) is 32.3 Å². The molecule has 4 heteroatoms. The molecule has 21 heavy (non-hydrogen) atoms. The molecule has 1 saturated heterocycles. The fourth-order valence-corrected chi connectivity index (χ4v) is 2.34. The molecular formula is C17H25NO3. The monoisotopic (exact) mass is 291 g/mol. The first kappa shape index (κ1) is 16.0. The molecule has 1 amide bonds. The van der Waals surface area contributed by atoms with Gasteiger partial charge in [0.25, 0.3) is 5.91 Å². The van der Waals surface area contributed by atoms with Crippen molar-refractivity contribution in [1.29, 1.82) is 0 Å². The van der Waals surface area contributed by atoms with Crippen LogP contribution in [0.4, 0.5) is 0 Å². The molecule has 1 aromatic carbocycles. The number of amides is 1. The Labute approximate surface area is 126 Å². The number of aliphatic hydroxyl groups is 1. The Kier molecular flexibility index (Phi) is 5.76. The Balaban J connectivity index is 1.66. The van der Waals surface area contributed by atoms with Gasteiger partial charge in [-0.15, -0.1) is 0 Å². The second kappa shape index (κ2) is 7.57. The average Bonchev–Trinajstić information content (AvgIpc) is 3.26. The number of rotatable bonds is 8. The van der Waals surface area contributed by atoms with Crippen molar-refractivity contribution in [3.63, 3.8) is 0 Å². The molecule has 2 rings (SSSR count). The minimum absolute atomic E-state index is 0.0978. The number of nitrogens with one attached hydrogen (secondary N) is 1. The first-order valence-corrected chi connectivity index (χ1v) is 7.73. The van der Waals surface area contributed by atoms with Crippen LogP contribution in [0.15, 0.2) is 30.3 Å². The Morgan fingerprint density at radius 2 is 2.00 bits per heavy atom. The molecule has 1 aliphatic rings. The van der Waals surface area contributed by atoms with E-state index in [0.29, 0.717) is 18.9 Å². The van der Waals surface area contributed by atoms with E-state index in [1.807, 2.05) is 30.3 Å². The third-order valence-corrected chi connectivity index (χ3v) is 3.76. The summed E-state index contributed by atoms with van der Waals surface area (Å²) >= 11 is 0. The minimum Gasteiger partial charge on any atom is -0.390 e. The SMILES string of the molecule is CC(C)CCNC(=O)[C@@H]1O[C@@H]1C(O)CCc1ccccc1. The molecule has 0 aromatic heterocycles. The molecule has 1 heterocycles. The van der Waals surface area contributed by atoms with Crippen molar-refractivity contribution < 1.29 is 14.6 Å². The predicted octanol–water partition coefficient (Wildman–Crippen LogP) is 1.91. The molecule has 1 aliphatic heterocycles. The van der Waals surface area contributed by atoms with Crippen LogP contribution in [0.5, 0.6) is 0 Å². The molecule has 116 valence electrons. The van der Waals surface area contributed by atoms with E-state index < -0.39 is 12.2 Å². The lowest BCUT2D eigenvalue weighted by Crippen LogP contribution is -2.32. The van der Waals surface area contributed by atoms with Gasteiger partial charge in [-0.25, -0.2) is 0 Å². The van der Waals surface area contributed by atoms with Crippen LogP contribution >= 0.6 is 0 Å². The minimum atomic E-state index is -0.578. The number of benzene rings is 1. The van der Waals surface area contributed by atoms with Gasteiger partial charge in [0.2, 0.25) is 0 Å². The van der Waals surface area contributed by atoms with Crippen molar-refractivity contribution in [3.8, 4) is 0 Å². The zero-order valence-corrected chi connectivity index (χ0v) is 12.8. The number of carbonyl (C=O) groups is 1. The fraction of sp³-hybridized carbons (Fsp3) is 0.588. The van der Waals surface area contributed by atoms with Crippen molar-refractivity contribution in [2.45, 2.75) is 51.4 Å². The van der Waals surface area contributed by atoms with Gasteiger partial charge < -0.3 is 15.2 Å². The van der Waals surface area contributed by atoms with Gasteiger partial charge in [-0.1, -0.05) is 44.2 Å². The fourth-order valence-electron chi connectivity index (χ4n) is 2.34. The van der Waals surface area contributed by atoms with Crippen LogP contribution < -0.4 is 5.32 Å². The van der Waals surface area contributed by atoms with Crippen LogP contribution in [0.25, 0.3) is 0 Å². The normalized spacial score (nSPS) is 22.1. The predicted molar refractivity (Wildman–Crippen MR) is 81.9 cm³/mol. The topological polar surface area (TPSA) is 61.9 Å². The summed E-state index contributed by atoms with van der Waals surface area (Å²) in [5.74, 6) is 0.470. The van der Waals surface area contributed by atoms with Gasteiger partial charge in [0, 0.05) is 6.54 Å². The molecule has 1 unspecified atom stereocenters. The summed E-state index contributed by atoms with van der Waals surface area (Å²) in [5.41, 5.74) is 1.19. The maximum absolute atomic E-state index is 11.8. The summed E-state index contributed by atoms with van der Waals surface area (Å²) in [6.07, 6.45) is 0.981. The molecule has 0 saturated carbocycles. The van der Waals surface area contributed by atoms with Crippen LogP contribution in [0, 0.1) is 5.92 Å². The second-order valence-electron chi connectivity index (χ2n) is 6.09. The zero-order chi connectivity index (χ0) is 15.2. The third-order valence-electron chi connectivity index (χ3n) is 3.76. The van der Waals surface area contributed by atoms with Crippen molar-refractivity contribution in [2.75, 3.05) is 6.54 Å². The lowest BCUT2D eigenvalue weighted by molar-refractivity contribution is -0.122. The summed E-state index contributed by atoms with van der Waals surface area (Å²) in [4.78, 5) is 11.8. The average molecular weight is 291 g/mol. The van der Waals surface area contributed by atoms with E-state index >= 15 is 0 Å². The molecule has 0 radical (unpaired) electrons. The van der Waals surface area contributed by atoms with Crippen LogP contribution in [0.2, 0.25) is 0 Å². The quantitative estimate of drug-likeness (QED) is 0.719. The third kappa shape index (κ3) is 5.14. The lowest BCUT2D eigenvalue weighted by Gasteiger charge is -2.08. The molecule has 1 aromatic rings. The molecule has 3 atom stereocenters. The van der Waals surface area contributed by atoms with E-state index in [4.69, 9.17) is 4.74 Å². The molecular weight excluding hydrogens is 266 g/mol. The van der Waals surface area contributed by atoms with Crippen LogP contribution in [-0.4, -0.2) is 35.9 Å². The van der Waals surface area contributed by atoms with Gasteiger partial charge in [-0.05, 0) is 30.7 Å². The highest BCUT2D eigenvalue weighted by molar-refractivity contribution is 5.83. The summed E-state index contributed by atoms with van der Waals surface area (Å²) < 4.78 is 5.32. The zero-order valence-electron chi connectivity index (χ0n) is 12.8. The van der Waals surface area contributed by atoms with E-state index in [1.165, 1.54) is 5.56 Å². The Bertz CT molecular complexity index is 447. The highest BCUT2D eigenvalue weighted by atomic mass is 16.6. The Morgan fingerprint density at radius 1 is 1.29 bits per heavy atom. The number of aliphatic hydroxyl groups excluding tert-OH is 1. The first-order chi connectivity index (χ1) is 10.1. The summed E-state index contributed by atoms with van der Waals surface area (Å²) in [6, 6.07) is 10.0. The summed E-state index contributed by atoms with van der Waals surface area (Å²) in [6.45, 7) is 4.91. The van der Waals surface area contributed by atoms with E-state index in [9.17, 15) is 9.90 Å². The first-order valence-electron chi connectivity index (χ1n) is 7.73. The summed E-state index contributed by atoms with van der Waals surface area (Å²) in [5, 5.41) is 12.9. The number of aryl methyl sites for hydroxylation is 1. The molecule has 0 bridgehead atoms. The van der Waals surface area contributed by atoms with E-state index in [-0.39, 0.29) is 12.0 Å². The summed E-state index contributed by atoms with van der Waals surface area (Å²) in [7, 11) is 0. The second-order valence-corrected chi connectivity index (χ2v) is 6.09. The number of epoxide rings is 1. The lowest BCUT2D eigenvalue weighted by atomic mass is 10.0. The van der Waals surface area contributed by atoms with E-state index in [1.54, 1.807) is 0 Å².